The van der Waals surface area contributed by atoms with E-state index in [-0.39, 0.29) is 29.5 Å². The molecule has 0 bridgehead atoms. The van der Waals surface area contributed by atoms with Gasteiger partial charge in [0.05, 0.1) is 5.69 Å². The summed E-state index contributed by atoms with van der Waals surface area (Å²) >= 11 is 0. The maximum atomic E-state index is 14.7. The Kier molecular flexibility index (Phi) is 6.35. The molecule has 1 atom stereocenters. The molecule has 2 aliphatic heterocycles. The molecule has 0 saturated carbocycles. The number of rotatable bonds is 6. The van der Waals surface area contributed by atoms with Crippen LogP contribution in [-0.2, 0) is 4.79 Å². The fourth-order valence-corrected chi connectivity index (χ4v) is 5.23. The second kappa shape index (κ2) is 9.42. The number of amides is 1. The van der Waals surface area contributed by atoms with Crippen molar-refractivity contribution in [2.45, 2.75) is 44.9 Å². The summed E-state index contributed by atoms with van der Waals surface area (Å²) in [6.07, 6.45) is 2.78. The summed E-state index contributed by atoms with van der Waals surface area (Å²) in [4.78, 5) is 20.5. The quantitative estimate of drug-likeness (QED) is 0.591. The van der Waals surface area contributed by atoms with Crippen LogP contribution in [-0.4, -0.2) is 80.1 Å². The normalized spacial score (nSPS) is 20.1. The van der Waals surface area contributed by atoms with E-state index in [4.69, 9.17) is 9.63 Å². The number of hydrogen-bond acceptors (Lipinski definition) is 7. The van der Waals surface area contributed by atoms with Crippen LogP contribution in [0.5, 0.6) is 0 Å². The molecule has 4 heterocycles. The van der Waals surface area contributed by atoms with E-state index in [1.807, 2.05) is 19.9 Å². The first-order valence-electron chi connectivity index (χ1n) is 12.1. The Bertz CT molecular complexity index is 1170. The predicted octanol–water partition coefficient (Wildman–Crippen LogP) is 2.69. The predicted molar refractivity (Wildman–Crippen MR) is 123 cm³/mol. The zero-order chi connectivity index (χ0) is 23.8. The smallest absolute Gasteiger partial charge is 0.291 e. The molecule has 9 nitrogen and oxygen atoms in total. The number of aliphatic hydroxyl groups excluding tert-OH is 1. The number of fused-ring (bicyclic) bond motifs is 1. The van der Waals surface area contributed by atoms with Gasteiger partial charge in [0, 0.05) is 30.9 Å². The molecule has 2 aromatic heterocycles. The van der Waals surface area contributed by atoms with Crippen molar-refractivity contribution in [3.8, 4) is 5.95 Å². The molecule has 0 radical (unpaired) electrons. The van der Waals surface area contributed by atoms with Crippen molar-refractivity contribution in [2.24, 2.45) is 5.92 Å². The van der Waals surface area contributed by atoms with Gasteiger partial charge in [-0.05, 0) is 55.4 Å². The first-order valence-corrected chi connectivity index (χ1v) is 12.1. The first-order chi connectivity index (χ1) is 16.4. The summed E-state index contributed by atoms with van der Waals surface area (Å²) < 4.78 is 21.8. The van der Waals surface area contributed by atoms with E-state index in [1.54, 1.807) is 11.0 Å². The average Bonchev–Trinajstić information content (AvgIpc) is 3.58. The first kappa shape index (κ1) is 22.9. The molecule has 182 valence electrons. The number of aliphatic hydroxyl groups is 1. The van der Waals surface area contributed by atoms with Crippen molar-refractivity contribution < 1.29 is 18.8 Å². The van der Waals surface area contributed by atoms with Gasteiger partial charge in [-0.25, -0.2) is 4.39 Å². The largest absolute Gasteiger partial charge is 0.387 e. The van der Waals surface area contributed by atoms with E-state index in [0.29, 0.717) is 17.3 Å². The summed E-state index contributed by atoms with van der Waals surface area (Å²) in [6, 6.07) is 4.99. The number of para-hydroxylation sites is 1. The van der Waals surface area contributed by atoms with E-state index < -0.39 is 6.61 Å². The number of carbonyl (C=O) groups is 1. The van der Waals surface area contributed by atoms with Crippen LogP contribution in [0.2, 0.25) is 0 Å². The molecule has 2 fully saturated rings. The molecule has 1 amide bonds. The molecule has 10 heteroatoms. The van der Waals surface area contributed by atoms with Crippen LogP contribution in [0.15, 0.2) is 22.7 Å². The van der Waals surface area contributed by atoms with Gasteiger partial charge in [0.15, 0.2) is 0 Å². The minimum absolute atomic E-state index is 0.134. The monoisotopic (exact) mass is 470 g/mol. The zero-order valence-electron chi connectivity index (χ0n) is 19.7. The second-order valence-corrected chi connectivity index (χ2v) is 9.75. The maximum Gasteiger partial charge on any atom is 0.291 e. The number of likely N-dealkylation sites (tertiary alicyclic amines) is 2. The van der Waals surface area contributed by atoms with E-state index in [2.05, 4.69) is 20.1 Å². The number of carbonyl (C=O) groups excluding carboxylic acids is 1. The van der Waals surface area contributed by atoms with Gasteiger partial charge >= 0.3 is 0 Å². The van der Waals surface area contributed by atoms with Gasteiger partial charge in [-0.3, -0.25) is 4.79 Å². The van der Waals surface area contributed by atoms with Crippen molar-refractivity contribution in [1.29, 1.82) is 0 Å². The van der Waals surface area contributed by atoms with Gasteiger partial charge < -0.3 is 19.4 Å². The van der Waals surface area contributed by atoms with Gasteiger partial charge in [0.25, 0.3) is 5.95 Å². The minimum Gasteiger partial charge on any atom is -0.387 e. The van der Waals surface area contributed by atoms with Crippen molar-refractivity contribution in [3.05, 3.63) is 35.6 Å². The standard InChI is InChI=1S/C24H31FN6O3/c1-15(2)21-18-4-3-5-19(25)22(18)31(27-21)24-26-23(34-28-24)17-7-9-29(10-8-17)12-16-6-11-30(13-16)20(33)14-32/h3-5,15-17,32H,6-14H2,1-2H3/t16-/m1/s1. The second-order valence-electron chi connectivity index (χ2n) is 9.75. The third kappa shape index (κ3) is 4.32. The van der Waals surface area contributed by atoms with Gasteiger partial charge in [-0.2, -0.15) is 14.8 Å². The highest BCUT2D eigenvalue weighted by Gasteiger charge is 2.31. The number of aromatic nitrogens is 4. The van der Waals surface area contributed by atoms with E-state index in [1.165, 1.54) is 10.7 Å². The molecule has 0 aliphatic carbocycles. The average molecular weight is 471 g/mol. The van der Waals surface area contributed by atoms with Crippen molar-refractivity contribution >= 4 is 16.8 Å². The van der Waals surface area contributed by atoms with E-state index >= 15 is 0 Å². The van der Waals surface area contributed by atoms with Gasteiger partial charge in [-0.15, -0.1) is 0 Å². The van der Waals surface area contributed by atoms with Crippen LogP contribution >= 0.6 is 0 Å². The van der Waals surface area contributed by atoms with Gasteiger partial charge in [0.2, 0.25) is 11.8 Å². The number of benzene rings is 1. The highest BCUT2D eigenvalue weighted by Crippen LogP contribution is 2.31. The van der Waals surface area contributed by atoms with E-state index in [0.717, 1.165) is 63.1 Å². The molecule has 1 N–H and O–H groups in total. The molecule has 0 spiro atoms. The maximum absolute atomic E-state index is 14.7. The Balaban J connectivity index is 1.24. The molecule has 2 saturated heterocycles. The number of nitrogens with zero attached hydrogens (tertiary/aromatic N) is 6. The highest BCUT2D eigenvalue weighted by atomic mass is 19.1. The Morgan fingerprint density at radius 3 is 2.76 bits per heavy atom. The lowest BCUT2D eigenvalue weighted by Crippen LogP contribution is -2.38. The lowest BCUT2D eigenvalue weighted by molar-refractivity contribution is -0.133. The molecule has 2 aliphatic rings. The molecular formula is C24H31FN6O3. The third-order valence-electron chi connectivity index (χ3n) is 7.08. The number of halogens is 1. The fraction of sp³-hybridized carbons (Fsp3) is 0.583. The molecule has 3 aromatic rings. The molecule has 5 rings (SSSR count). The van der Waals surface area contributed by atoms with Crippen LogP contribution in [0.1, 0.15) is 56.5 Å². The third-order valence-corrected chi connectivity index (χ3v) is 7.08. The summed E-state index contributed by atoms with van der Waals surface area (Å²) in [6.45, 7) is 7.89. The van der Waals surface area contributed by atoms with Crippen molar-refractivity contribution in [3.63, 3.8) is 0 Å². The topological polar surface area (TPSA) is 101 Å². The zero-order valence-corrected chi connectivity index (χ0v) is 19.7. The van der Waals surface area contributed by atoms with Crippen LogP contribution in [0, 0.1) is 11.7 Å². The lowest BCUT2D eigenvalue weighted by atomic mass is 9.95. The lowest BCUT2D eigenvalue weighted by Gasteiger charge is -2.32. The summed E-state index contributed by atoms with van der Waals surface area (Å²) in [7, 11) is 0. The number of piperidine rings is 1. The number of hydrogen-bond donors (Lipinski definition) is 1. The summed E-state index contributed by atoms with van der Waals surface area (Å²) in [5.41, 5.74) is 1.18. The van der Waals surface area contributed by atoms with Crippen molar-refractivity contribution in [1.82, 2.24) is 29.7 Å². The Morgan fingerprint density at radius 1 is 1.24 bits per heavy atom. The van der Waals surface area contributed by atoms with Crippen LogP contribution < -0.4 is 0 Å². The van der Waals surface area contributed by atoms with Gasteiger partial charge in [-0.1, -0.05) is 26.0 Å². The molecule has 0 unspecified atom stereocenters. The molecule has 1 aromatic carbocycles. The highest BCUT2D eigenvalue weighted by molar-refractivity contribution is 5.84. The Hall–Kier alpha value is -2.85. The van der Waals surface area contributed by atoms with E-state index in [9.17, 15) is 9.18 Å². The Labute approximate surface area is 197 Å². The fourth-order valence-electron chi connectivity index (χ4n) is 5.23. The molecule has 34 heavy (non-hydrogen) atoms. The minimum atomic E-state index is -0.413. The Morgan fingerprint density at radius 2 is 2.03 bits per heavy atom. The van der Waals surface area contributed by atoms with Crippen LogP contribution in [0.3, 0.4) is 0 Å². The van der Waals surface area contributed by atoms with Gasteiger partial charge in [0.1, 0.15) is 17.9 Å². The van der Waals surface area contributed by atoms with Crippen LogP contribution in [0.25, 0.3) is 16.9 Å². The summed E-state index contributed by atoms with van der Waals surface area (Å²) in [5.74, 6) is 1.03. The molecular weight excluding hydrogens is 439 g/mol. The summed E-state index contributed by atoms with van der Waals surface area (Å²) in [5, 5.41) is 18.6. The van der Waals surface area contributed by atoms with Crippen LogP contribution in [0.4, 0.5) is 4.39 Å². The SMILES string of the molecule is CC(C)c1nn(-c2noc(C3CCN(C[C@H]4CCN(C(=O)CO)C4)CC3)n2)c2c(F)cccc12. The van der Waals surface area contributed by atoms with Crippen molar-refractivity contribution in [2.75, 3.05) is 39.3 Å².